The maximum atomic E-state index is 10.1. The number of hydrogen-bond donors (Lipinski definition) is 1. The Hall–Kier alpha value is -2.82. The Labute approximate surface area is 195 Å². The van der Waals surface area contributed by atoms with E-state index in [-0.39, 0.29) is 11.7 Å². The van der Waals surface area contributed by atoms with Crippen LogP contribution >= 0.6 is 0 Å². The van der Waals surface area contributed by atoms with E-state index < -0.39 is 0 Å². The van der Waals surface area contributed by atoms with Gasteiger partial charge in [0.1, 0.15) is 5.75 Å². The van der Waals surface area contributed by atoms with Crippen molar-refractivity contribution in [1.82, 2.24) is 0 Å². The quantitative estimate of drug-likeness (QED) is 0.575. The molecule has 2 heterocycles. The SMILES string of the molecule is Oc1ccc2c(c1)CC[C@@H](c1ccccc1)[C@H]2c1ccc(N2CCC3(CC2)OCCO3)cc1. The third-order valence-corrected chi connectivity index (χ3v) is 7.77. The fourth-order valence-electron chi connectivity index (χ4n) is 6.06. The predicted octanol–water partition coefficient (Wildman–Crippen LogP) is 5.60. The molecule has 0 amide bonds. The summed E-state index contributed by atoms with van der Waals surface area (Å²) in [5.74, 6) is 0.742. The van der Waals surface area contributed by atoms with Gasteiger partial charge in [-0.2, -0.15) is 0 Å². The van der Waals surface area contributed by atoms with E-state index in [0.717, 1.165) is 52.0 Å². The van der Waals surface area contributed by atoms with Crippen molar-refractivity contribution < 1.29 is 14.6 Å². The fourth-order valence-corrected chi connectivity index (χ4v) is 6.06. The number of fused-ring (bicyclic) bond motifs is 1. The topological polar surface area (TPSA) is 41.9 Å². The molecule has 0 bridgehead atoms. The van der Waals surface area contributed by atoms with E-state index >= 15 is 0 Å². The monoisotopic (exact) mass is 441 g/mol. The maximum Gasteiger partial charge on any atom is 0.171 e. The van der Waals surface area contributed by atoms with Crippen molar-refractivity contribution in [1.29, 1.82) is 0 Å². The van der Waals surface area contributed by atoms with Gasteiger partial charge >= 0.3 is 0 Å². The van der Waals surface area contributed by atoms with Crippen molar-refractivity contribution in [2.45, 2.75) is 43.3 Å². The first kappa shape index (κ1) is 20.8. The van der Waals surface area contributed by atoms with Gasteiger partial charge in [0.2, 0.25) is 0 Å². The summed E-state index contributed by atoms with van der Waals surface area (Å²) in [6.45, 7) is 3.35. The van der Waals surface area contributed by atoms with E-state index in [1.807, 2.05) is 12.1 Å². The lowest BCUT2D eigenvalue weighted by Gasteiger charge is -2.39. The normalized spacial score (nSPS) is 24.1. The predicted molar refractivity (Wildman–Crippen MR) is 130 cm³/mol. The second kappa shape index (κ2) is 8.51. The highest BCUT2D eigenvalue weighted by atomic mass is 16.7. The van der Waals surface area contributed by atoms with E-state index in [4.69, 9.17) is 9.47 Å². The molecule has 0 unspecified atom stereocenters. The largest absolute Gasteiger partial charge is 0.508 e. The number of ether oxygens (including phenoxy) is 2. The number of aromatic hydroxyl groups is 1. The van der Waals surface area contributed by atoms with Crippen LogP contribution in [0.25, 0.3) is 0 Å². The molecule has 170 valence electrons. The third-order valence-electron chi connectivity index (χ3n) is 7.77. The average Bonchev–Trinajstić information content (AvgIpc) is 3.32. The van der Waals surface area contributed by atoms with Crippen molar-refractivity contribution in [2.75, 3.05) is 31.2 Å². The number of phenolic OH excluding ortho intramolecular Hbond substituents is 1. The second-order valence-electron chi connectivity index (χ2n) is 9.60. The standard InChI is InChI=1S/C29H31NO3/c31-25-11-13-27-23(20-25)8-12-26(21-4-2-1-3-5-21)28(27)22-6-9-24(10-7-22)30-16-14-29(15-17-30)32-18-19-33-29/h1-7,9-11,13,20,26,28,31H,8,12,14-19H2/t26-,28+/m0/s1. The van der Waals surface area contributed by atoms with Crippen LogP contribution in [0.3, 0.4) is 0 Å². The summed E-state index contributed by atoms with van der Waals surface area (Å²) < 4.78 is 11.8. The third kappa shape index (κ3) is 3.92. The lowest BCUT2D eigenvalue weighted by atomic mass is 9.69. The van der Waals surface area contributed by atoms with Crippen LogP contribution in [0.5, 0.6) is 5.75 Å². The van der Waals surface area contributed by atoms with Crippen LogP contribution in [0.4, 0.5) is 5.69 Å². The number of anilines is 1. The smallest absolute Gasteiger partial charge is 0.171 e. The molecular weight excluding hydrogens is 410 g/mol. The van der Waals surface area contributed by atoms with Gasteiger partial charge < -0.3 is 19.5 Å². The fraction of sp³-hybridized carbons (Fsp3) is 0.379. The van der Waals surface area contributed by atoms with Gasteiger partial charge in [-0.05, 0) is 65.3 Å². The molecule has 1 spiro atoms. The molecule has 2 aliphatic heterocycles. The first-order valence-electron chi connectivity index (χ1n) is 12.2. The van der Waals surface area contributed by atoms with Gasteiger partial charge in [0.25, 0.3) is 0 Å². The lowest BCUT2D eigenvalue weighted by Crippen LogP contribution is -2.45. The number of phenols is 1. The van der Waals surface area contributed by atoms with Gasteiger partial charge in [0.05, 0.1) is 13.2 Å². The van der Waals surface area contributed by atoms with Gasteiger partial charge in [-0.3, -0.25) is 0 Å². The molecule has 0 radical (unpaired) electrons. The molecule has 0 saturated carbocycles. The number of nitrogens with zero attached hydrogens (tertiary/aromatic N) is 1. The van der Waals surface area contributed by atoms with E-state index in [0.29, 0.717) is 11.7 Å². The van der Waals surface area contributed by atoms with E-state index in [1.54, 1.807) is 0 Å². The maximum absolute atomic E-state index is 10.1. The summed E-state index contributed by atoms with van der Waals surface area (Å²) in [5.41, 5.74) is 6.62. The minimum Gasteiger partial charge on any atom is -0.508 e. The summed E-state index contributed by atoms with van der Waals surface area (Å²) in [6.07, 6.45) is 3.92. The minimum absolute atomic E-state index is 0.288. The molecule has 6 rings (SSSR count). The molecule has 2 fully saturated rings. The zero-order valence-corrected chi connectivity index (χ0v) is 19.0. The van der Waals surface area contributed by atoms with Crippen LogP contribution in [0.2, 0.25) is 0 Å². The molecule has 1 aliphatic carbocycles. The van der Waals surface area contributed by atoms with E-state index in [2.05, 4.69) is 65.6 Å². The summed E-state index contributed by atoms with van der Waals surface area (Å²) in [7, 11) is 0. The lowest BCUT2D eigenvalue weighted by molar-refractivity contribution is -0.169. The number of aryl methyl sites for hydroxylation is 1. The molecule has 2 saturated heterocycles. The Morgan fingerprint density at radius 2 is 1.55 bits per heavy atom. The van der Waals surface area contributed by atoms with E-state index in [1.165, 1.54) is 27.9 Å². The minimum atomic E-state index is -0.337. The van der Waals surface area contributed by atoms with Crippen LogP contribution < -0.4 is 4.90 Å². The van der Waals surface area contributed by atoms with Crippen LogP contribution in [0.1, 0.15) is 53.4 Å². The highest BCUT2D eigenvalue weighted by Crippen LogP contribution is 2.47. The first-order chi connectivity index (χ1) is 16.2. The van der Waals surface area contributed by atoms with Crippen molar-refractivity contribution in [3.8, 4) is 5.75 Å². The van der Waals surface area contributed by atoms with E-state index in [9.17, 15) is 5.11 Å². The van der Waals surface area contributed by atoms with Crippen molar-refractivity contribution in [3.05, 3.63) is 95.1 Å². The van der Waals surface area contributed by atoms with Gasteiger partial charge in [-0.1, -0.05) is 48.5 Å². The molecule has 3 aliphatic rings. The zero-order valence-electron chi connectivity index (χ0n) is 19.0. The van der Waals surface area contributed by atoms with Crippen molar-refractivity contribution >= 4 is 5.69 Å². The van der Waals surface area contributed by atoms with Gasteiger partial charge in [-0.15, -0.1) is 0 Å². The van der Waals surface area contributed by atoms with Gasteiger partial charge in [0, 0.05) is 37.5 Å². The Kier molecular flexibility index (Phi) is 5.35. The number of benzene rings is 3. The first-order valence-corrected chi connectivity index (χ1v) is 12.2. The molecule has 1 N–H and O–H groups in total. The van der Waals surface area contributed by atoms with Crippen LogP contribution in [-0.4, -0.2) is 37.2 Å². The van der Waals surface area contributed by atoms with Crippen LogP contribution in [-0.2, 0) is 15.9 Å². The molecule has 4 nitrogen and oxygen atoms in total. The summed E-state index contributed by atoms with van der Waals surface area (Å²) in [4.78, 5) is 2.45. The Bertz CT molecular complexity index is 1100. The highest BCUT2D eigenvalue weighted by Gasteiger charge is 2.40. The molecule has 3 aromatic rings. The van der Waals surface area contributed by atoms with Crippen LogP contribution in [0, 0.1) is 0 Å². The molecule has 4 heteroatoms. The molecule has 2 atom stereocenters. The second-order valence-corrected chi connectivity index (χ2v) is 9.60. The number of rotatable bonds is 3. The van der Waals surface area contributed by atoms with Crippen LogP contribution in [0.15, 0.2) is 72.8 Å². The Morgan fingerprint density at radius 1 is 0.818 bits per heavy atom. The summed E-state index contributed by atoms with van der Waals surface area (Å²) in [5, 5.41) is 10.1. The summed E-state index contributed by atoms with van der Waals surface area (Å²) in [6, 6.07) is 26.0. The zero-order chi connectivity index (χ0) is 22.3. The molecular formula is C29H31NO3. The molecule has 3 aromatic carbocycles. The molecule has 33 heavy (non-hydrogen) atoms. The Balaban J connectivity index is 1.29. The highest BCUT2D eigenvalue weighted by molar-refractivity contribution is 5.52. The average molecular weight is 442 g/mol. The van der Waals surface area contributed by atoms with Crippen molar-refractivity contribution in [3.63, 3.8) is 0 Å². The van der Waals surface area contributed by atoms with Crippen molar-refractivity contribution in [2.24, 2.45) is 0 Å². The number of piperidine rings is 1. The summed E-state index contributed by atoms with van der Waals surface area (Å²) >= 11 is 0. The van der Waals surface area contributed by atoms with Gasteiger partial charge in [-0.25, -0.2) is 0 Å². The molecule has 0 aromatic heterocycles. The van der Waals surface area contributed by atoms with Gasteiger partial charge in [0.15, 0.2) is 5.79 Å². The number of hydrogen-bond acceptors (Lipinski definition) is 4. The Morgan fingerprint density at radius 3 is 2.27 bits per heavy atom.